The molecule has 156 valence electrons. The number of aliphatic imine (C=N–C) groups is 1. The zero-order valence-electron chi connectivity index (χ0n) is 16.9. The van der Waals surface area contributed by atoms with Crippen LogP contribution in [0.5, 0.6) is 0 Å². The van der Waals surface area contributed by atoms with Gasteiger partial charge in [-0.3, -0.25) is 0 Å². The number of aryl methyl sites for hydroxylation is 1. The molecule has 0 bridgehead atoms. The maximum Gasteiger partial charge on any atom is 0.191 e. The Morgan fingerprint density at radius 1 is 1.11 bits per heavy atom. The number of hydrogen-bond acceptors (Lipinski definition) is 5. The van der Waals surface area contributed by atoms with Crippen molar-refractivity contribution in [3.05, 3.63) is 11.6 Å². The van der Waals surface area contributed by atoms with Gasteiger partial charge < -0.3 is 24.7 Å². The molecule has 1 saturated carbocycles. The Bertz CT molecular complexity index is 544. The van der Waals surface area contributed by atoms with Crippen LogP contribution in [0, 0.1) is 6.92 Å². The first-order chi connectivity index (χ1) is 12.7. The molecule has 8 nitrogen and oxygen atoms in total. The molecule has 0 aliphatic heterocycles. The molecule has 0 aromatic carbocycles. The number of nitrogens with zero attached hydrogens (tertiary/aromatic N) is 4. The third-order valence-corrected chi connectivity index (χ3v) is 4.71. The Morgan fingerprint density at radius 2 is 1.78 bits per heavy atom. The summed E-state index contributed by atoms with van der Waals surface area (Å²) in [7, 11) is 3.64. The summed E-state index contributed by atoms with van der Waals surface area (Å²) in [6.45, 7) is 5.15. The van der Waals surface area contributed by atoms with Crippen molar-refractivity contribution in [3.63, 3.8) is 0 Å². The highest BCUT2D eigenvalue weighted by atomic mass is 127. The third-order valence-electron chi connectivity index (χ3n) is 4.71. The van der Waals surface area contributed by atoms with Crippen LogP contribution in [0.15, 0.2) is 4.99 Å². The lowest BCUT2D eigenvalue weighted by molar-refractivity contribution is 0.0468. The largest absolute Gasteiger partial charge is 0.383 e. The monoisotopic (exact) mass is 494 g/mol. The minimum atomic E-state index is 0. The van der Waals surface area contributed by atoms with Gasteiger partial charge in [0.2, 0.25) is 0 Å². The number of ether oxygens (including phenoxy) is 2. The normalized spacial score (nSPS) is 15.9. The fourth-order valence-electron chi connectivity index (χ4n) is 2.99. The summed E-state index contributed by atoms with van der Waals surface area (Å²) in [4.78, 5) is 4.60. The average Bonchev–Trinajstić information content (AvgIpc) is 2.83. The maximum atomic E-state index is 6.03. The molecule has 0 saturated heterocycles. The molecule has 2 N–H and O–H groups in total. The molecular formula is C18H35IN6O2. The quantitative estimate of drug-likeness (QED) is 0.180. The fourth-order valence-corrected chi connectivity index (χ4v) is 2.99. The zero-order valence-corrected chi connectivity index (χ0v) is 19.2. The van der Waals surface area contributed by atoms with E-state index in [0.717, 1.165) is 24.2 Å². The second-order valence-electron chi connectivity index (χ2n) is 6.72. The molecule has 1 heterocycles. The van der Waals surface area contributed by atoms with Crippen LogP contribution in [0.3, 0.4) is 0 Å². The van der Waals surface area contributed by atoms with Crippen molar-refractivity contribution in [3.8, 4) is 0 Å². The minimum absolute atomic E-state index is 0. The van der Waals surface area contributed by atoms with Crippen LogP contribution >= 0.6 is 24.0 Å². The van der Waals surface area contributed by atoms with Crippen LogP contribution in [0.2, 0.25) is 0 Å². The predicted molar refractivity (Wildman–Crippen MR) is 118 cm³/mol. The Labute approximate surface area is 179 Å². The van der Waals surface area contributed by atoms with E-state index in [1.54, 1.807) is 7.11 Å². The van der Waals surface area contributed by atoms with Crippen LogP contribution in [-0.4, -0.2) is 60.2 Å². The van der Waals surface area contributed by atoms with E-state index in [-0.39, 0.29) is 24.0 Å². The summed E-state index contributed by atoms with van der Waals surface area (Å²) >= 11 is 0. The highest BCUT2D eigenvalue weighted by Crippen LogP contribution is 2.19. The summed E-state index contributed by atoms with van der Waals surface area (Å²) in [5.41, 5.74) is 0. The van der Waals surface area contributed by atoms with Crippen molar-refractivity contribution in [2.24, 2.45) is 12.0 Å². The molecule has 2 rings (SSSR count). The van der Waals surface area contributed by atoms with E-state index in [4.69, 9.17) is 9.47 Å². The first kappa shape index (κ1) is 24.1. The van der Waals surface area contributed by atoms with E-state index >= 15 is 0 Å². The van der Waals surface area contributed by atoms with Crippen LogP contribution in [0.1, 0.15) is 50.2 Å². The zero-order chi connectivity index (χ0) is 18.6. The van der Waals surface area contributed by atoms with Gasteiger partial charge in [-0.15, -0.1) is 34.2 Å². The van der Waals surface area contributed by atoms with E-state index in [1.165, 1.54) is 38.5 Å². The summed E-state index contributed by atoms with van der Waals surface area (Å²) in [5, 5.41) is 14.8. The highest BCUT2D eigenvalue weighted by molar-refractivity contribution is 14.0. The van der Waals surface area contributed by atoms with E-state index in [2.05, 4.69) is 25.8 Å². The molecule has 0 unspecified atom stereocenters. The van der Waals surface area contributed by atoms with Gasteiger partial charge in [0.25, 0.3) is 0 Å². The van der Waals surface area contributed by atoms with E-state index in [9.17, 15) is 0 Å². The van der Waals surface area contributed by atoms with Crippen LogP contribution in [0.4, 0.5) is 0 Å². The minimum Gasteiger partial charge on any atom is -0.383 e. The van der Waals surface area contributed by atoms with E-state index in [1.807, 2.05) is 18.5 Å². The molecule has 0 amide bonds. The SMILES string of the molecule is COCCNC(=NCc1nnc(C)n1C)NCCOC1CCCCCC1.I. The number of nitrogens with one attached hydrogen (secondary N) is 2. The standard InChI is InChI=1S/C18H34N6O2.HI/c1-15-22-23-17(24(15)2)14-21-18(19-10-12-25-3)20-11-13-26-16-8-6-4-5-7-9-16;/h16H,4-14H2,1-3H3,(H2,19,20,21);1H. The number of methoxy groups -OCH3 is 1. The average molecular weight is 494 g/mol. The number of aromatic nitrogens is 3. The topological polar surface area (TPSA) is 85.6 Å². The van der Waals surface area contributed by atoms with E-state index in [0.29, 0.717) is 32.4 Å². The molecule has 27 heavy (non-hydrogen) atoms. The number of guanidine groups is 1. The predicted octanol–water partition coefficient (Wildman–Crippen LogP) is 2.16. The van der Waals surface area contributed by atoms with E-state index < -0.39 is 0 Å². The van der Waals surface area contributed by atoms with Crippen LogP contribution < -0.4 is 10.6 Å². The lowest BCUT2D eigenvalue weighted by Crippen LogP contribution is -2.40. The van der Waals surface area contributed by atoms with Gasteiger partial charge in [0.15, 0.2) is 11.8 Å². The number of hydrogen-bond donors (Lipinski definition) is 2. The highest BCUT2D eigenvalue weighted by Gasteiger charge is 2.12. The molecule has 0 atom stereocenters. The van der Waals surface area contributed by atoms with Gasteiger partial charge in [0.05, 0.1) is 19.3 Å². The van der Waals surface area contributed by atoms with Crippen molar-refractivity contribution in [2.45, 2.75) is 58.1 Å². The number of halogens is 1. The summed E-state index contributed by atoms with van der Waals surface area (Å²) in [6, 6.07) is 0. The second kappa shape index (κ2) is 14.1. The van der Waals surface area contributed by atoms with Gasteiger partial charge in [0, 0.05) is 27.2 Å². The van der Waals surface area contributed by atoms with Crippen molar-refractivity contribution in [2.75, 3.05) is 33.4 Å². The van der Waals surface area contributed by atoms with Crippen LogP contribution in [-0.2, 0) is 23.1 Å². The Morgan fingerprint density at radius 3 is 2.37 bits per heavy atom. The molecule has 1 aromatic rings. The molecular weight excluding hydrogens is 459 g/mol. The molecule has 0 spiro atoms. The molecule has 1 aliphatic carbocycles. The van der Waals surface area contributed by atoms with Gasteiger partial charge in [-0.1, -0.05) is 25.7 Å². The maximum absolute atomic E-state index is 6.03. The molecule has 1 aromatic heterocycles. The van der Waals surface area contributed by atoms with Gasteiger partial charge in [-0.05, 0) is 19.8 Å². The van der Waals surface area contributed by atoms with Crippen molar-refractivity contribution < 1.29 is 9.47 Å². The molecule has 9 heteroatoms. The van der Waals surface area contributed by atoms with Gasteiger partial charge in [-0.25, -0.2) is 4.99 Å². The molecule has 1 aliphatic rings. The first-order valence-corrected chi connectivity index (χ1v) is 9.68. The summed E-state index contributed by atoms with van der Waals surface area (Å²) in [5.74, 6) is 2.46. The Balaban J connectivity index is 0.00000364. The lowest BCUT2D eigenvalue weighted by atomic mass is 10.1. The van der Waals surface area contributed by atoms with Crippen molar-refractivity contribution in [1.82, 2.24) is 25.4 Å². The smallest absolute Gasteiger partial charge is 0.191 e. The lowest BCUT2D eigenvalue weighted by Gasteiger charge is -2.17. The van der Waals surface area contributed by atoms with Crippen LogP contribution in [0.25, 0.3) is 0 Å². The molecule has 0 radical (unpaired) electrons. The molecule has 1 fully saturated rings. The summed E-state index contributed by atoms with van der Waals surface area (Å²) in [6.07, 6.45) is 8.08. The second-order valence-corrected chi connectivity index (χ2v) is 6.72. The van der Waals surface area contributed by atoms with Crippen molar-refractivity contribution >= 4 is 29.9 Å². The van der Waals surface area contributed by atoms with Gasteiger partial charge in [-0.2, -0.15) is 0 Å². The van der Waals surface area contributed by atoms with Crippen molar-refractivity contribution in [1.29, 1.82) is 0 Å². The third kappa shape index (κ3) is 9.20. The summed E-state index contributed by atoms with van der Waals surface area (Å²) < 4.78 is 13.1. The van der Waals surface area contributed by atoms with Gasteiger partial charge >= 0.3 is 0 Å². The Kier molecular flexibility index (Phi) is 12.6. The fraction of sp³-hybridized carbons (Fsp3) is 0.833. The Hall–Kier alpha value is -0.940. The number of rotatable bonds is 9. The van der Waals surface area contributed by atoms with Gasteiger partial charge in [0.1, 0.15) is 12.4 Å². The first-order valence-electron chi connectivity index (χ1n) is 9.68.